The maximum absolute atomic E-state index is 13.7. The lowest BCUT2D eigenvalue weighted by molar-refractivity contribution is -0.137. The third-order valence-electron chi connectivity index (χ3n) is 2.95. The molecule has 104 valence electrons. The number of carbonyl (C=O) groups is 1. The minimum absolute atomic E-state index is 0.120. The van der Waals surface area contributed by atoms with E-state index < -0.39 is 23.6 Å². The number of nitrogens with two attached hydrogens (primary N) is 1. The second kappa shape index (κ2) is 5.79. The average molecular weight is 277 g/mol. The second-order valence-electron chi connectivity index (χ2n) is 4.45. The molecule has 2 aromatic rings. The van der Waals surface area contributed by atoms with E-state index >= 15 is 0 Å². The van der Waals surface area contributed by atoms with Gasteiger partial charge in [-0.1, -0.05) is 18.2 Å². The van der Waals surface area contributed by atoms with Crippen molar-refractivity contribution < 1.29 is 18.7 Å². The van der Waals surface area contributed by atoms with Crippen LogP contribution in [0.1, 0.15) is 18.0 Å². The molecule has 5 heteroatoms. The molecule has 2 rings (SSSR count). The first-order valence-electron chi connectivity index (χ1n) is 6.00. The number of hydrogen-bond acceptors (Lipinski definition) is 2. The zero-order valence-corrected chi connectivity index (χ0v) is 10.5. The highest BCUT2D eigenvalue weighted by Crippen LogP contribution is 2.26. The van der Waals surface area contributed by atoms with Gasteiger partial charge in [-0.05, 0) is 35.4 Å². The van der Waals surface area contributed by atoms with E-state index in [2.05, 4.69) is 0 Å². The van der Waals surface area contributed by atoms with Crippen LogP contribution in [0.2, 0.25) is 0 Å². The lowest BCUT2D eigenvalue weighted by Crippen LogP contribution is -2.14. The Morgan fingerprint density at radius 3 is 2.65 bits per heavy atom. The molecule has 3 N–H and O–H groups in total. The van der Waals surface area contributed by atoms with Crippen LogP contribution in [0, 0.1) is 11.6 Å². The molecule has 0 saturated heterocycles. The Hall–Kier alpha value is -2.27. The van der Waals surface area contributed by atoms with Gasteiger partial charge in [0.25, 0.3) is 0 Å². The Morgan fingerprint density at radius 1 is 1.20 bits per heavy atom. The molecule has 0 spiro atoms. The average Bonchev–Trinajstić information content (AvgIpc) is 2.41. The van der Waals surface area contributed by atoms with Crippen LogP contribution in [0.4, 0.5) is 8.78 Å². The summed E-state index contributed by atoms with van der Waals surface area (Å²) in [4.78, 5) is 10.6. The Kier molecular flexibility index (Phi) is 4.10. The lowest BCUT2D eigenvalue weighted by Gasteiger charge is -2.11. The first-order chi connectivity index (χ1) is 9.47. The largest absolute Gasteiger partial charge is 0.481 e. The summed E-state index contributed by atoms with van der Waals surface area (Å²) in [6, 6.07) is 8.99. The fourth-order valence-corrected chi connectivity index (χ4v) is 1.96. The lowest BCUT2D eigenvalue weighted by atomic mass is 9.98. The molecule has 0 aromatic heterocycles. The van der Waals surface area contributed by atoms with Gasteiger partial charge in [0, 0.05) is 11.6 Å². The van der Waals surface area contributed by atoms with Crippen molar-refractivity contribution in [2.75, 3.05) is 0 Å². The van der Waals surface area contributed by atoms with E-state index in [9.17, 15) is 13.6 Å². The van der Waals surface area contributed by atoms with E-state index in [1.165, 1.54) is 0 Å². The number of halogens is 2. The van der Waals surface area contributed by atoms with Crippen molar-refractivity contribution in [2.24, 2.45) is 5.73 Å². The zero-order chi connectivity index (χ0) is 14.7. The molecule has 0 fully saturated rings. The Labute approximate surface area is 114 Å². The summed E-state index contributed by atoms with van der Waals surface area (Å²) in [5, 5.41) is 8.72. The number of benzene rings is 2. The van der Waals surface area contributed by atoms with Crippen molar-refractivity contribution in [3.05, 3.63) is 59.7 Å². The normalized spacial score (nSPS) is 12.2. The quantitative estimate of drug-likeness (QED) is 0.902. The van der Waals surface area contributed by atoms with Gasteiger partial charge in [0.05, 0.1) is 6.42 Å². The number of carboxylic acids is 1. The fraction of sp³-hybridized carbons (Fsp3) is 0.133. The van der Waals surface area contributed by atoms with E-state index in [-0.39, 0.29) is 12.0 Å². The predicted octanol–water partition coefficient (Wildman–Crippen LogP) is 3.11. The van der Waals surface area contributed by atoms with E-state index in [1.807, 2.05) is 0 Å². The van der Waals surface area contributed by atoms with E-state index in [0.717, 1.165) is 18.2 Å². The van der Waals surface area contributed by atoms with Gasteiger partial charge in [0.1, 0.15) is 11.6 Å². The number of aliphatic carboxylic acids is 1. The molecule has 0 unspecified atom stereocenters. The highest BCUT2D eigenvalue weighted by molar-refractivity contribution is 5.69. The predicted molar refractivity (Wildman–Crippen MR) is 71.0 cm³/mol. The Bertz CT molecular complexity index is 644. The van der Waals surface area contributed by atoms with Crippen LogP contribution in [0.5, 0.6) is 0 Å². The Balaban J connectivity index is 2.39. The van der Waals surface area contributed by atoms with E-state index in [0.29, 0.717) is 11.1 Å². The van der Waals surface area contributed by atoms with Gasteiger partial charge in [0.15, 0.2) is 0 Å². The van der Waals surface area contributed by atoms with E-state index in [1.54, 1.807) is 24.3 Å². The highest BCUT2D eigenvalue weighted by atomic mass is 19.1. The molecule has 0 saturated carbocycles. The summed E-state index contributed by atoms with van der Waals surface area (Å²) in [6.07, 6.45) is -0.227. The first-order valence-corrected chi connectivity index (χ1v) is 6.00. The third kappa shape index (κ3) is 3.19. The van der Waals surface area contributed by atoms with E-state index in [4.69, 9.17) is 10.8 Å². The topological polar surface area (TPSA) is 63.3 Å². The van der Waals surface area contributed by atoms with Crippen LogP contribution in [0.3, 0.4) is 0 Å². The molecule has 0 aliphatic heterocycles. The smallest absolute Gasteiger partial charge is 0.305 e. The summed E-state index contributed by atoms with van der Waals surface area (Å²) >= 11 is 0. The molecule has 0 amide bonds. The molecule has 0 heterocycles. The van der Waals surface area contributed by atoms with Crippen molar-refractivity contribution in [1.29, 1.82) is 0 Å². The van der Waals surface area contributed by atoms with Gasteiger partial charge in [-0.2, -0.15) is 0 Å². The number of carboxylic acid groups (broad SMARTS) is 1. The summed E-state index contributed by atoms with van der Waals surface area (Å²) in [7, 11) is 0. The van der Waals surface area contributed by atoms with Gasteiger partial charge >= 0.3 is 5.97 Å². The molecular formula is C15H13F2NO2. The van der Waals surface area contributed by atoms with Crippen molar-refractivity contribution in [3.63, 3.8) is 0 Å². The van der Waals surface area contributed by atoms with Crippen LogP contribution >= 0.6 is 0 Å². The van der Waals surface area contributed by atoms with Crippen LogP contribution in [0.15, 0.2) is 42.5 Å². The summed E-state index contributed by atoms with van der Waals surface area (Å²) in [5.74, 6) is -2.10. The van der Waals surface area contributed by atoms with Crippen LogP contribution in [-0.2, 0) is 4.79 Å². The monoisotopic (exact) mass is 277 g/mol. The van der Waals surface area contributed by atoms with Crippen molar-refractivity contribution >= 4 is 5.97 Å². The van der Waals surface area contributed by atoms with Gasteiger partial charge in [-0.25, -0.2) is 8.78 Å². The minimum atomic E-state index is -1.01. The van der Waals surface area contributed by atoms with Gasteiger partial charge in [-0.15, -0.1) is 0 Å². The molecule has 3 nitrogen and oxygen atoms in total. The van der Waals surface area contributed by atoms with Gasteiger partial charge in [0.2, 0.25) is 0 Å². The SMILES string of the molecule is N[C@@H](CC(=O)O)c1cccc(-c2cc(F)ccc2F)c1. The molecule has 20 heavy (non-hydrogen) atoms. The minimum Gasteiger partial charge on any atom is -0.481 e. The van der Waals surface area contributed by atoms with Crippen molar-refractivity contribution in [2.45, 2.75) is 12.5 Å². The Morgan fingerprint density at radius 2 is 1.95 bits per heavy atom. The third-order valence-corrected chi connectivity index (χ3v) is 2.95. The summed E-state index contributed by atoms with van der Waals surface area (Å²) in [6.45, 7) is 0. The zero-order valence-electron chi connectivity index (χ0n) is 10.5. The highest BCUT2D eigenvalue weighted by Gasteiger charge is 2.13. The second-order valence-corrected chi connectivity index (χ2v) is 4.45. The van der Waals surface area contributed by atoms with Crippen LogP contribution < -0.4 is 5.73 Å². The molecule has 2 aromatic carbocycles. The first kappa shape index (κ1) is 14.1. The van der Waals surface area contributed by atoms with Gasteiger partial charge in [-0.3, -0.25) is 4.79 Å². The number of rotatable bonds is 4. The van der Waals surface area contributed by atoms with Crippen LogP contribution in [-0.4, -0.2) is 11.1 Å². The van der Waals surface area contributed by atoms with Crippen LogP contribution in [0.25, 0.3) is 11.1 Å². The number of hydrogen-bond donors (Lipinski definition) is 2. The molecular weight excluding hydrogens is 264 g/mol. The van der Waals surface area contributed by atoms with Crippen molar-refractivity contribution in [3.8, 4) is 11.1 Å². The van der Waals surface area contributed by atoms with Gasteiger partial charge < -0.3 is 10.8 Å². The standard InChI is InChI=1S/C15H13F2NO2/c16-11-4-5-13(17)12(7-11)9-2-1-3-10(6-9)14(18)8-15(19)20/h1-7,14H,8,18H2,(H,19,20)/t14-/m0/s1. The molecule has 1 atom stereocenters. The maximum Gasteiger partial charge on any atom is 0.305 e. The molecule has 0 aliphatic carbocycles. The summed E-state index contributed by atoms with van der Waals surface area (Å²) in [5.41, 5.74) is 6.90. The molecule has 0 aliphatic rings. The molecule has 0 radical (unpaired) electrons. The maximum atomic E-state index is 13.7. The molecule has 0 bridgehead atoms. The van der Waals surface area contributed by atoms with Crippen molar-refractivity contribution in [1.82, 2.24) is 0 Å². The summed E-state index contributed by atoms with van der Waals surface area (Å²) < 4.78 is 26.9. The fourth-order valence-electron chi connectivity index (χ4n) is 1.96.